The molecule has 4 aromatic carbocycles. The average Bonchev–Trinajstić information content (AvgIpc) is 2.92. The van der Waals surface area contributed by atoms with Gasteiger partial charge in [-0.25, -0.2) is 13.1 Å². The molecule has 40 heavy (non-hydrogen) atoms. The van der Waals surface area contributed by atoms with Crippen molar-refractivity contribution in [1.29, 1.82) is 0 Å². The molecule has 2 N–H and O–H groups in total. The molecule has 0 bridgehead atoms. The monoisotopic (exact) mass is 620 g/mol. The van der Waals surface area contributed by atoms with Crippen LogP contribution in [0.15, 0.2) is 100 Å². The lowest BCUT2D eigenvalue weighted by Gasteiger charge is -2.17. The SMILES string of the molecule is CN(C)c1cccc2c(S(=O)(=O)NCCc3ccc(C(=CCCCC(=O)O)c4cccc(Br)c4)cc3)cccc12. The van der Waals surface area contributed by atoms with Gasteiger partial charge < -0.3 is 10.0 Å². The number of benzene rings is 4. The fourth-order valence-corrected chi connectivity index (χ4v) is 6.36. The van der Waals surface area contributed by atoms with Gasteiger partial charge in [0.15, 0.2) is 0 Å². The number of carboxylic acid groups (broad SMARTS) is 1. The number of nitrogens with zero attached hydrogens (tertiary/aromatic N) is 1. The molecule has 0 aliphatic carbocycles. The average molecular weight is 622 g/mol. The molecule has 0 aliphatic heterocycles. The van der Waals surface area contributed by atoms with Gasteiger partial charge in [-0.3, -0.25) is 4.79 Å². The Hall–Kier alpha value is -3.46. The number of halogens is 1. The number of aliphatic carboxylic acids is 1. The fourth-order valence-electron chi connectivity index (χ4n) is 4.71. The quantitative estimate of drug-likeness (QED) is 0.169. The number of rotatable bonds is 12. The van der Waals surface area contributed by atoms with E-state index >= 15 is 0 Å². The number of hydrogen-bond acceptors (Lipinski definition) is 4. The molecule has 6 nitrogen and oxygen atoms in total. The predicted molar refractivity (Wildman–Crippen MR) is 166 cm³/mol. The maximum Gasteiger partial charge on any atom is 0.303 e. The standard InChI is InChI=1S/C32H33BrN2O4S/c1-35(2)30-13-6-12-29-28(30)11-7-14-31(29)40(38,39)34-21-20-23-16-18-24(19-17-23)27(10-3-4-15-32(36)37)25-8-5-9-26(33)22-25/h5-14,16-19,22,34H,3-4,15,20-21H2,1-2H3,(H,36,37). The first-order valence-electron chi connectivity index (χ1n) is 13.1. The highest BCUT2D eigenvalue weighted by Crippen LogP contribution is 2.30. The summed E-state index contributed by atoms with van der Waals surface area (Å²) in [4.78, 5) is 13.2. The molecule has 4 aromatic rings. The van der Waals surface area contributed by atoms with Crippen molar-refractivity contribution in [2.24, 2.45) is 0 Å². The summed E-state index contributed by atoms with van der Waals surface area (Å²) in [7, 11) is 0.178. The summed E-state index contributed by atoms with van der Waals surface area (Å²) in [6.45, 7) is 0.273. The number of sulfonamides is 1. The van der Waals surface area contributed by atoms with Crippen LogP contribution in [0, 0.1) is 0 Å². The third-order valence-corrected chi connectivity index (χ3v) is 8.69. The van der Waals surface area contributed by atoms with Crippen molar-refractivity contribution < 1.29 is 18.3 Å². The predicted octanol–water partition coefficient (Wildman–Crippen LogP) is 6.88. The summed E-state index contributed by atoms with van der Waals surface area (Å²) < 4.78 is 30.2. The Kier molecular flexibility index (Phi) is 9.79. The lowest BCUT2D eigenvalue weighted by molar-refractivity contribution is -0.137. The Morgan fingerprint density at radius 2 is 1.62 bits per heavy atom. The molecular formula is C32H33BrN2O4S. The van der Waals surface area contributed by atoms with Gasteiger partial charge in [0.05, 0.1) is 4.90 Å². The van der Waals surface area contributed by atoms with Gasteiger partial charge in [0, 0.05) is 48.0 Å². The Morgan fingerprint density at radius 1 is 0.925 bits per heavy atom. The summed E-state index contributed by atoms with van der Waals surface area (Å²) in [6.07, 6.45) is 3.98. The molecule has 208 valence electrons. The van der Waals surface area contributed by atoms with E-state index < -0.39 is 16.0 Å². The van der Waals surface area contributed by atoms with Crippen molar-refractivity contribution in [3.8, 4) is 0 Å². The number of anilines is 1. The van der Waals surface area contributed by atoms with Gasteiger partial charge >= 0.3 is 5.97 Å². The molecular weight excluding hydrogens is 588 g/mol. The zero-order chi connectivity index (χ0) is 28.7. The minimum absolute atomic E-state index is 0.132. The summed E-state index contributed by atoms with van der Waals surface area (Å²) in [5.74, 6) is -0.795. The molecule has 0 atom stereocenters. The first-order chi connectivity index (χ1) is 19.2. The largest absolute Gasteiger partial charge is 0.481 e. The highest BCUT2D eigenvalue weighted by molar-refractivity contribution is 9.10. The lowest BCUT2D eigenvalue weighted by Crippen LogP contribution is -2.26. The van der Waals surface area contributed by atoms with Gasteiger partial charge in [0.1, 0.15) is 0 Å². The van der Waals surface area contributed by atoms with Crippen LogP contribution < -0.4 is 9.62 Å². The van der Waals surface area contributed by atoms with E-state index in [0.29, 0.717) is 24.6 Å². The third-order valence-electron chi connectivity index (χ3n) is 6.68. The van der Waals surface area contributed by atoms with Crippen molar-refractivity contribution in [2.75, 3.05) is 25.5 Å². The van der Waals surface area contributed by atoms with Crippen LogP contribution in [0.3, 0.4) is 0 Å². The van der Waals surface area contributed by atoms with Gasteiger partial charge in [0.2, 0.25) is 10.0 Å². The maximum atomic E-state index is 13.2. The minimum atomic E-state index is -3.70. The molecule has 0 aromatic heterocycles. The van der Waals surface area contributed by atoms with Gasteiger partial charge in [-0.2, -0.15) is 0 Å². The molecule has 0 aliphatic rings. The van der Waals surface area contributed by atoms with Crippen LogP contribution in [0.2, 0.25) is 0 Å². The number of carbonyl (C=O) groups is 1. The number of fused-ring (bicyclic) bond motifs is 1. The Bertz CT molecular complexity index is 1630. The Morgan fingerprint density at radius 3 is 2.33 bits per heavy atom. The van der Waals surface area contributed by atoms with Crippen molar-refractivity contribution in [1.82, 2.24) is 4.72 Å². The van der Waals surface area contributed by atoms with Crippen LogP contribution >= 0.6 is 15.9 Å². The number of hydrogen-bond donors (Lipinski definition) is 2. The summed E-state index contributed by atoms with van der Waals surface area (Å²) in [5.41, 5.74) is 5.07. The maximum absolute atomic E-state index is 13.2. The van der Waals surface area contributed by atoms with Crippen molar-refractivity contribution >= 4 is 54.0 Å². The molecule has 0 radical (unpaired) electrons. The van der Waals surface area contributed by atoms with E-state index in [2.05, 4.69) is 26.7 Å². The van der Waals surface area contributed by atoms with E-state index in [1.807, 2.05) is 91.8 Å². The van der Waals surface area contributed by atoms with Crippen LogP contribution in [-0.4, -0.2) is 40.1 Å². The van der Waals surface area contributed by atoms with E-state index in [4.69, 9.17) is 5.11 Å². The number of carboxylic acids is 1. The van der Waals surface area contributed by atoms with Crippen molar-refractivity contribution in [2.45, 2.75) is 30.6 Å². The number of unbranched alkanes of at least 4 members (excludes halogenated alkanes) is 1. The molecule has 0 saturated heterocycles. The Labute approximate surface area is 244 Å². The van der Waals surface area contributed by atoms with Crippen molar-refractivity contribution in [3.63, 3.8) is 0 Å². The molecule has 4 rings (SSSR count). The molecule has 0 amide bonds. The second kappa shape index (κ2) is 13.3. The summed E-state index contributed by atoms with van der Waals surface area (Å²) >= 11 is 3.54. The first kappa shape index (κ1) is 29.5. The van der Waals surface area contributed by atoms with Gasteiger partial charge in [0.25, 0.3) is 0 Å². The van der Waals surface area contributed by atoms with Crippen molar-refractivity contribution in [3.05, 3.63) is 112 Å². The zero-order valence-corrected chi connectivity index (χ0v) is 25.0. The highest BCUT2D eigenvalue weighted by atomic mass is 79.9. The lowest BCUT2D eigenvalue weighted by atomic mass is 9.95. The second-order valence-electron chi connectivity index (χ2n) is 9.78. The molecule has 0 saturated carbocycles. The van der Waals surface area contributed by atoms with Crippen LogP contribution in [-0.2, 0) is 21.2 Å². The summed E-state index contributed by atoms with van der Waals surface area (Å²) in [5, 5.41) is 10.6. The van der Waals surface area contributed by atoms with E-state index in [1.165, 1.54) is 0 Å². The topological polar surface area (TPSA) is 86.7 Å². The van der Waals surface area contributed by atoms with Gasteiger partial charge in [-0.1, -0.05) is 82.7 Å². The van der Waals surface area contributed by atoms with E-state index in [0.717, 1.165) is 37.8 Å². The summed E-state index contributed by atoms with van der Waals surface area (Å²) in [6, 6.07) is 27.1. The minimum Gasteiger partial charge on any atom is -0.481 e. The van der Waals surface area contributed by atoms with E-state index in [1.54, 1.807) is 12.1 Å². The molecule has 0 fully saturated rings. The van der Waals surface area contributed by atoms with Crippen LogP contribution in [0.4, 0.5) is 5.69 Å². The zero-order valence-electron chi connectivity index (χ0n) is 22.6. The van der Waals surface area contributed by atoms with E-state index in [9.17, 15) is 13.2 Å². The molecule has 8 heteroatoms. The second-order valence-corrected chi connectivity index (χ2v) is 12.4. The van der Waals surface area contributed by atoms with Crippen LogP contribution in [0.5, 0.6) is 0 Å². The van der Waals surface area contributed by atoms with Crippen LogP contribution in [0.25, 0.3) is 16.3 Å². The molecule has 0 spiro atoms. The first-order valence-corrected chi connectivity index (χ1v) is 15.4. The normalized spacial score (nSPS) is 12.0. The van der Waals surface area contributed by atoms with Crippen LogP contribution in [0.1, 0.15) is 36.0 Å². The fraction of sp³-hybridized carbons (Fsp3) is 0.219. The molecule has 0 unspecified atom stereocenters. The smallest absolute Gasteiger partial charge is 0.303 e. The Balaban J connectivity index is 1.47. The third kappa shape index (κ3) is 7.38. The van der Waals surface area contributed by atoms with Gasteiger partial charge in [-0.15, -0.1) is 0 Å². The van der Waals surface area contributed by atoms with Gasteiger partial charge in [-0.05, 0) is 65.8 Å². The highest BCUT2D eigenvalue weighted by Gasteiger charge is 2.18. The number of allylic oxidation sites excluding steroid dienone is 1. The molecule has 0 heterocycles. The van der Waals surface area contributed by atoms with E-state index in [-0.39, 0.29) is 17.9 Å². The number of nitrogens with one attached hydrogen (secondary N) is 1.